The molecule has 1 atom stereocenters. The molecule has 1 unspecified atom stereocenters. The maximum atomic E-state index is 4.43. The number of aromatic nitrogens is 1. The Hall–Kier alpha value is -0.850. The lowest BCUT2D eigenvalue weighted by Crippen LogP contribution is -2.00. The highest BCUT2D eigenvalue weighted by atomic mass is 14.7. The summed E-state index contributed by atoms with van der Waals surface area (Å²) in [6.07, 6.45) is 7.39. The quantitative estimate of drug-likeness (QED) is 0.683. The van der Waals surface area contributed by atoms with E-state index in [-0.39, 0.29) is 0 Å². The molecular weight excluding hydrogens is 158 g/mol. The van der Waals surface area contributed by atoms with Gasteiger partial charge in [-0.2, -0.15) is 0 Å². The Morgan fingerprint density at radius 2 is 2.31 bits per heavy atom. The number of nitrogens with zero attached hydrogens (tertiary/aromatic N) is 1. The predicted molar refractivity (Wildman–Crippen MR) is 54.6 cm³/mol. The van der Waals surface area contributed by atoms with Crippen LogP contribution >= 0.6 is 0 Å². The molecule has 0 aliphatic heterocycles. The lowest BCUT2D eigenvalue weighted by atomic mass is 9.95. The van der Waals surface area contributed by atoms with Crippen LogP contribution in [0.25, 0.3) is 0 Å². The summed E-state index contributed by atoms with van der Waals surface area (Å²) in [5, 5.41) is 0. The van der Waals surface area contributed by atoms with Crippen LogP contribution in [0.4, 0.5) is 0 Å². The molecule has 1 aromatic heterocycles. The van der Waals surface area contributed by atoms with Crippen molar-refractivity contribution in [2.45, 2.75) is 38.5 Å². The maximum absolute atomic E-state index is 4.43. The van der Waals surface area contributed by atoms with Crippen LogP contribution in [0.5, 0.6) is 0 Å². The molecule has 1 aliphatic carbocycles. The largest absolute Gasteiger partial charge is 0.261 e. The molecular formula is C12H17N. The summed E-state index contributed by atoms with van der Waals surface area (Å²) in [6, 6.07) is 6.25. The van der Waals surface area contributed by atoms with Crippen LogP contribution < -0.4 is 0 Å². The van der Waals surface area contributed by atoms with Crippen molar-refractivity contribution in [2.75, 3.05) is 0 Å². The van der Waals surface area contributed by atoms with E-state index in [1.807, 2.05) is 12.3 Å². The highest BCUT2D eigenvalue weighted by molar-refractivity contribution is 5.09. The first kappa shape index (κ1) is 8.74. The molecule has 1 heterocycles. The SMILES string of the molecule is CCC(CC1CC1)c1ccccn1. The molecule has 0 N–H and O–H groups in total. The van der Waals surface area contributed by atoms with Crippen LogP contribution in [-0.4, -0.2) is 4.98 Å². The molecule has 0 spiro atoms. The minimum absolute atomic E-state index is 0.702. The van der Waals surface area contributed by atoms with Crippen molar-refractivity contribution in [1.82, 2.24) is 4.98 Å². The van der Waals surface area contributed by atoms with Crippen molar-refractivity contribution in [3.05, 3.63) is 30.1 Å². The van der Waals surface area contributed by atoms with Crippen LogP contribution in [0, 0.1) is 5.92 Å². The van der Waals surface area contributed by atoms with Crippen LogP contribution in [0.1, 0.15) is 44.2 Å². The highest BCUT2D eigenvalue weighted by Gasteiger charge is 2.25. The van der Waals surface area contributed by atoms with E-state index in [1.54, 1.807) is 0 Å². The van der Waals surface area contributed by atoms with E-state index < -0.39 is 0 Å². The van der Waals surface area contributed by atoms with Gasteiger partial charge in [-0.3, -0.25) is 4.98 Å². The first-order valence-corrected chi connectivity index (χ1v) is 5.31. The molecule has 1 aliphatic rings. The molecule has 2 rings (SSSR count). The van der Waals surface area contributed by atoms with Gasteiger partial charge in [0.15, 0.2) is 0 Å². The number of hydrogen-bond acceptors (Lipinski definition) is 1. The second-order valence-electron chi connectivity index (χ2n) is 4.04. The summed E-state index contributed by atoms with van der Waals surface area (Å²) in [4.78, 5) is 4.43. The fourth-order valence-corrected chi connectivity index (χ4v) is 1.87. The topological polar surface area (TPSA) is 12.9 Å². The van der Waals surface area contributed by atoms with Crippen LogP contribution in [-0.2, 0) is 0 Å². The molecule has 0 aromatic carbocycles. The van der Waals surface area contributed by atoms with Gasteiger partial charge in [0, 0.05) is 17.8 Å². The van der Waals surface area contributed by atoms with E-state index in [0.717, 1.165) is 5.92 Å². The number of rotatable bonds is 4. The minimum Gasteiger partial charge on any atom is -0.261 e. The van der Waals surface area contributed by atoms with Crippen LogP contribution in [0.15, 0.2) is 24.4 Å². The zero-order chi connectivity index (χ0) is 9.10. The fourth-order valence-electron chi connectivity index (χ4n) is 1.87. The first-order valence-electron chi connectivity index (χ1n) is 5.31. The number of hydrogen-bond donors (Lipinski definition) is 0. The van der Waals surface area contributed by atoms with Gasteiger partial charge in [-0.1, -0.05) is 25.8 Å². The van der Waals surface area contributed by atoms with Crippen molar-refractivity contribution in [3.8, 4) is 0 Å². The van der Waals surface area contributed by atoms with Crippen molar-refractivity contribution in [2.24, 2.45) is 5.92 Å². The van der Waals surface area contributed by atoms with Gasteiger partial charge in [-0.05, 0) is 30.9 Å². The molecule has 0 bridgehead atoms. The van der Waals surface area contributed by atoms with Gasteiger partial charge >= 0.3 is 0 Å². The third-order valence-electron chi connectivity index (χ3n) is 2.91. The molecule has 1 saturated carbocycles. The Morgan fingerprint density at radius 1 is 1.46 bits per heavy atom. The molecule has 13 heavy (non-hydrogen) atoms. The summed E-state index contributed by atoms with van der Waals surface area (Å²) in [7, 11) is 0. The molecule has 1 nitrogen and oxygen atoms in total. The van der Waals surface area contributed by atoms with Gasteiger partial charge in [0.1, 0.15) is 0 Å². The van der Waals surface area contributed by atoms with Gasteiger partial charge < -0.3 is 0 Å². The van der Waals surface area contributed by atoms with Crippen molar-refractivity contribution in [3.63, 3.8) is 0 Å². The summed E-state index contributed by atoms with van der Waals surface area (Å²) >= 11 is 0. The Bertz CT molecular complexity index is 251. The zero-order valence-corrected chi connectivity index (χ0v) is 8.24. The van der Waals surface area contributed by atoms with Gasteiger partial charge in [0.25, 0.3) is 0 Å². The van der Waals surface area contributed by atoms with Gasteiger partial charge in [0.2, 0.25) is 0 Å². The van der Waals surface area contributed by atoms with Crippen molar-refractivity contribution >= 4 is 0 Å². The minimum atomic E-state index is 0.702. The number of pyridine rings is 1. The molecule has 0 saturated heterocycles. The van der Waals surface area contributed by atoms with Crippen molar-refractivity contribution < 1.29 is 0 Å². The lowest BCUT2D eigenvalue weighted by Gasteiger charge is -2.12. The Labute approximate surface area is 80.2 Å². The normalized spacial score (nSPS) is 18.5. The average Bonchev–Trinajstić information content (AvgIpc) is 2.99. The summed E-state index contributed by atoms with van der Waals surface area (Å²) < 4.78 is 0. The Balaban J connectivity index is 2.02. The molecule has 1 fully saturated rings. The third kappa shape index (κ3) is 2.30. The first-order chi connectivity index (χ1) is 6.40. The van der Waals surface area contributed by atoms with Gasteiger partial charge in [-0.15, -0.1) is 0 Å². The standard InChI is InChI=1S/C12H17N/c1-2-11(9-10-6-7-10)12-5-3-4-8-13-12/h3-5,8,10-11H,2,6-7,9H2,1H3. The zero-order valence-electron chi connectivity index (χ0n) is 8.24. The highest BCUT2D eigenvalue weighted by Crippen LogP contribution is 2.39. The van der Waals surface area contributed by atoms with E-state index in [4.69, 9.17) is 0 Å². The summed E-state index contributed by atoms with van der Waals surface area (Å²) in [5.41, 5.74) is 1.29. The van der Waals surface area contributed by atoms with E-state index in [2.05, 4.69) is 24.0 Å². The Morgan fingerprint density at radius 3 is 2.85 bits per heavy atom. The molecule has 0 amide bonds. The summed E-state index contributed by atoms with van der Waals surface area (Å²) in [6.45, 7) is 2.27. The van der Waals surface area contributed by atoms with Crippen molar-refractivity contribution in [1.29, 1.82) is 0 Å². The molecule has 1 heteroatoms. The molecule has 70 valence electrons. The van der Waals surface area contributed by atoms with E-state index in [9.17, 15) is 0 Å². The second-order valence-corrected chi connectivity index (χ2v) is 4.04. The molecule has 0 radical (unpaired) electrons. The predicted octanol–water partition coefficient (Wildman–Crippen LogP) is 3.38. The smallest absolute Gasteiger partial charge is 0.0434 e. The summed E-state index contributed by atoms with van der Waals surface area (Å²) in [5.74, 6) is 1.71. The van der Waals surface area contributed by atoms with E-state index in [1.165, 1.54) is 31.4 Å². The van der Waals surface area contributed by atoms with E-state index >= 15 is 0 Å². The monoisotopic (exact) mass is 175 g/mol. The van der Waals surface area contributed by atoms with Crippen LogP contribution in [0.2, 0.25) is 0 Å². The average molecular weight is 175 g/mol. The lowest BCUT2D eigenvalue weighted by molar-refractivity contribution is 0.550. The van der Waals surface area contributed by atoms with Gasteiger partial charge in [0.05, 0.1) is 0 Å². The second kappa shape index (κ2) is 3.91. The fraction of sp³-hybridized carbons (Fsp3) is 0.583. The Kier molecular flexibility index (Phi) is 2.62. The third-order valence-corrected chi connectivity index (χ3v) is 2.91. The van der Waals surface area contributed by atoms with Gasteiger partial charge in [-0.25, -0.2) is 0 Å². The van der Waals surface area contributed by atoms with Crippen LogP contribution in [0.3, 0.4) is 0 Å². The molecule has 1 aromatic rings. The maximum Gasteiger partial charge on any atom is 0.0434 e. The van der Waals surface area contributed by atoms with E-state index in [0.29, 0.717) is 5.92 Å².